The molecule has 1 N–H and O–H groups in total. The topological polar surface area (TPSA) is 47.0 Å². The third-order valence-corrected chi connectivity index (χ3v) is 3.79. The summed E-state index contributed by atoms with van der Waals surface area (Å²) in [6, 6.07) is 12.2. The Labute approximate surface area is 135 Å². The van der Waals surface area contributed by atoms with Crippen molar-refractivity contribution in [2.24, 2.45) is 0 Å². The molecule has 3 aromatic rings. The summed E-state index contributed by atoms with van der Waals surface area (Å²) in [5.74, 6) is 0.962. The van der Waals surface area contributed by atoms with Crippen LogP contribution in [-0.4, -0.2) is 17.1 Å². The van der Waals surface area contributed by atoms with Gasteiger partial charge in [0.15, 0.2) is 16.7 Å². The first-order valence-electron chi connectivity index (χ1n) is 6.18. The maximum atomic E-state index is 5.99. The molecule has 4 nitrogen and oxygen atoms in total. The largest absolute Gasteiger partial charge is 0.490 e. The molecule has 0 aliphatic rings. The highest BCUT2D eigenvalue weighted by Crippen LogP contribution is 2.31. The van der Waals surface area contributed by atoms with Crippen LogP contribution in [-0.2, 0) is 0 Å². The van der Waals surface area contributed by atoms with Gasteiger partial charge < -0.3 is 10.1 Å². The van der Waals surface area contributed by atoms with E-state index in [2.05, 4.69) is 43.3 Å². The summed E-state index contributed by atoms with van der Waals surface area (Å²) in [4.78, 5) is 8.06. The Balaban J connectivity index is 1.98. The van der Waals surface area contributed by atoms with E-state index in [1.54, 1.807) is 0 Å². The molecule has 0 aliphatic heterocycles. The number of anilines is 2. The number of hydrogen-bond donors (Lipinski definition) is 1. The lowest BCUT2D eigenvalue weighted by Gasteiger charge is -2.11. The number of rotatable bonds is 3. The first-order valence-corrected chi connectivity index (χ1v) is 7.35. The van der Waals surface area contributed by atoms with Crippen LogP contribution in [0.3, 0.4) is 0 Å². The molecular formula is C15H11BrClN3O. The SMILES string of the molecule is COc1c(Cl)ncnc1Nc1ccc2cc(Br)ccc2c1. The molecule has 0 saturated carbocycles. The summed E-state index contributed by atoms with van der Waals surface area (Å²) in [6.07, 6.45) is 1.39. The normalized spacial score (nSPS) is 10.6. The van der Waals surface area contributed by atoms with Crippen molar-refractivity contribution in [2.45, 2.75) is 0 Å². The number of nitrogens with zero attached hydrogens (tertiary/aromatic N) is 2. The highest BCUT2D eigenvalue weighted by atomic mass is 79.9. The zero-order valence-electron chi connectivity index (χ0n) is 11.1. The Morgan fingerprint density at radius 3 is 2.67 bits per heavy atom. The molecule has 0 fully saturated rings. The van der Waals surface area contributed by atoms with Crippen LogP contribution in [0.2, 0.25) is 5.15 Å². The van der Waals surface area contributed by atoms with Crippen LogP contribution in [0.4, 0.5) is 11.5 Å². The summed E-state index contributed by atoms with van der Waals surface area (Å²) in [6.45, 7) is 0. The number of benzene rings is 2. The standard InChI is InChI=1S/C15H11BrClN3O/c1-21-13-14(17)18-8-19-15(13)20-12-5-3-9-6-11(16)4-2-10(9)7-12/h2-8H,1H3,(H,18,19,20). The number of nitrogens with one attached hydrogen (secondary N) is 1. The van der Waals surface area contributed by atoms with Gasteiger partial charge in [-0.15, -0.1) is 0 Å². The molecule has 0 unspecified atom stereocenters. The van der Waals surface area contributed by atoms with E-state index in [1.165, 1.54) is 13.4 Å². The smallest absolute Gasteiger partial charge is 0.199 e. The fourth-order valence-electron chi connectivity index (χ4n) is 2.05. The second-order valence-electron chi connectivity index (χ2n) is 4.38. The molecule has 0 atom stereocenters. The van der Waals surface area contributed by atoms with E-state index in [9.17, 15) is 0 Å². The van der Waals surface area contributed by atoms with Crippen LogP contribution in [0.15, 0.2) is 47.2 Å². The number of fused-ring (bicyclic) bond motifs is 1. The number of methoxy groups -OCH3 is 1. The van der Waals surface area contributed by atoms with Crippen molar-refractivity contribution in [3.63, 3.8) is 0 Å². The van der Waals surface area contributed by atoms with E-state index in [1.807, 2.05) is 24.3 Å². The number of ether oxygens (including phenoxy) is 1. The van der Waals surface area contributed by atoms with Crippen LogP contribution < -0.4 is 10.1 Å². The average Bonchev–Trinajstić information content (AvgIpc) is 2.48. The molecule has 0 spiro atoms. The Morgan fingerprint density at radius 2 is 1.86 bits per heavy atom. The fraction of sp³-hybridized carbons (Fsp3) is 0.0667. The van der Waals surface area contributed by atoms with Crippen molar-refractivity contribution in [1.29, 1.82) is 0 Å². The molecule has 106 valence electrons. The predicted molar refractivity (Wildman–Crippen MR) is 88.5 cm³/mol. The van der Waals surface area contributed by atoms with E-state index in [-0.39, 0.29) is 5.15 Å². The van der Waals surface area contributed by atoms with E-state index in [0.717, 1.165) is 20.9 Å². The highest BCUT2D eigenvalue weighted by Gasteiger charge is 2.10. The highest BCUT2D eigenvalue weighted by molar-refractivity contribution is 9.10. The number of hydrogen-bond acceptors (Lipinski definition) is 4. The van der Waals surface area contributed by atoms with Gasteiger partial charge in [-0.1, -0.05) is 39.7 Å². The first kappa shape index (κ1) is 14.1. The van der Waals surface area contributed by atoms with Crippen molar-refractivity contribution in [3.05, 3.63) is 52.4 Å². The van der Waals surface area contributed by atoms with Gasteiger partial charge in [0.05, 0.1) is 7.11 Å². The fourth-order valence-corrected chi connectivity index (χ4v) is 2.64. The maximum Gasteiger partial charge on any atom is 0.199 e. The van der Waals surface area contributed by atoms with Gasteiger partial charge in [0.1, 0.15) is 6.33 Å². The maximum absolute atomic E-state index is 5.99. The van der Waals surface area contributed by atoms with Crippen molar-refractivity contribution in [3.8, 4) is 5.75 Å². The van der Waals surface area contributed by atoms with Crippen LogP contribution in [0.5, 0.6) is 5.75 Å². The summed E-state index contributed by atoms with van der Waals surface area (Å²) in [5, 5.41) is 5.76. The zero-order valence-corrected chi connectivity index (χ0v) is 13.4. The van der Waals surface area contributed by atoms with Crippen LogP contribution in [0.1, 0.15) is 0 Å². The molecule has 1 aromatic heterocycles. The predicted octanol–water partition coefficient (Wildman–Crippen LogP) is 4.80. The van der Waals surface area contributed by atoms with Crippen LogP contribution >= 0.6 is 27.5 Å². The van der Waals surface area contributed by atoms with Crippen LogP contribution in [0.25, 0.3) is 10.8 Å². The van der Waals surface area contributed by atoms with E-state index in [0.29, 0.717) is 11.6 Å². The van der Waals surface area contributed by atoms with Gasteiger partial charge in [0.2, 0.25) is 0 Å². The quantitative estimate of drug-likeness (QED) is 0.678. The minimum absolute atomic E-state index is 0.278. The van der Waals surface area contributed by atoms with Crippen molar-refractivity contribution in [1.82, 2.24) is 9.97 Å². The summed E-state index contributed by atoms with van der Waals surface area (Å²) in [7, 11) is 1.54. The lowest BCUT2D eigenvalue weighted by Crippen LogP contribution is -1.99. The molecule has 21 heavy (non-hydrogen) atoms. The summed E-state index contributed by atoms with van der Waals surface area (Å²) < 4.78 is 6.28. The van der Waals surface area contributed by atoms with Crippen molar-refractivity contribution >= 4 is 49.8 Å². The second kappa shape index (κ2) is 5.87. The van der Waals surface area contributed by atoms with Crippen molar-refractivity contribution < 1.29 is 4.74 Å². The minimum atomic E-state index is 0.278. The molecule has 0 saturated heterocycles. The number of aromatic nitrogens is 2. The molecule has 6 heteroatoms. The lowest BCUT2D eigenvalue weighted by molar-refractivity contribution is 0.413. The zero-order chi connectivity index (χ0) is 14.8. The molecule has 0 radical (unpaired) electrons. The van der Waals surface area contributed by atoms with Gasteiger partial charge in [-0.3, -0.25) is 0 Å². The Kier molecular flexibility index (Phi) is 3.94. The molecule has 2 aromatic carbocycles. The molecule has 0 bridgehead atoms. The second-order valence-corrected chi connectivity index (χ2v) is 5.65. The molecule has 1 heterocycles. The third-order valence-electron chi connectivity index (χ3n) is 3.03. The summed E-state index contributed by atoms with van der Waals surface area (Å²) >= 11 is 9.45. The van der Waals surface area contributed by atoms with Gasteiger partial charge >= 0.3 is 0 Å². The molecule has 0 amide bonds. The van der Waals surface area contributed by atoms with E-state index < -0.39 is 0 Å². The third kappa shape index (κ3) is 2.94. The Hall–Kier alpha value is -1.85. The van der Waals surface area contributed by atoms with Crippen LogP contribution in [0, 0.1) is 0 Å². The van der Waals surface area contributed by atoms with Gasteiger partial charge in [-0.2, -0.15) is 0 Å². The lowest BCUT2D eigenvalue weighted by atomic mass is 10.1. The van der Waals surface area contributed by atoms with Gasteiger partial charge in [0.25, 0.3) is 0 Å². The van der Waals surface area contributed by atoms with Gasteiger partial charge in [-0.05, 0) is 35.0 Å². The monoisotopic (exact) mass is 363 g/mol. The van der Waals surface area contributed by atoms with Crippen molar-refractivity contribution in [2.75, 3.05) is 12.4 Å². The number of halogens is 2. The van der Waals surface area contributed by atoms with E-state index in [4.69, 9.17) is 16.3 Å². The Morgan fingerprint density at radius 1 is 1.10 bits per heavy atom. The average molecular weight is 365 g/mol. The first-order chi connectivity index (χ1) is 10.2. The summed E-state index contributed by atoms with van der Waals surface area (Å²) in [5.41, 5.74) is 0.901. The Bertz CT molecular complexity index is 810. The van der Waals surface area contributed by atoms with Gasteiger partial charge in [-0.25, -0.2) is 9.97 Å². The molecular weight excluding hydrogens is 354 g/mol. The minimum Gasteiger partial charge on any atom is -0.490 e. The molecule has 3 rings (SSSR count). The van der Waals surface area contributed by atoms with Gasteiger partial charge in [0, 0.05) is 10.2 Å². The molecule has 0 aliphatic carbocycles. The van der Waals surface area contributed by atoms with E-state index >= 15 is 0 Å².